The van der Waals surface area contributed by atoms with Gasteiger partial charge in [-0.2, -0.15) is 0 Å². The number of nitrogens with zero attached hydrogens (tertiary/aromatic N) is 1. The number of ether oxygens (including phenoxy) is 1. The normalized spacial score (nSPS) is 21.9. The van der Waals surface area contributed by atoms with Crippen molar-refractivity contribution in [2.75, 3.05) is 39.4 Å². The summed E-state index contributed by atoms with van der Waals surface area (Å²) in [4.78, 5) is 27.7. The Labute approximate surface area is 147 Å². The van der Waals surface area contributed by atoms with E-state index in [9.17, 15) is 14.7 Å². The van der Waals surface area contributed by atoms with E-state index in [2.05, 4.69) is 0 Å². The van der Waals surface area contributed by atoms with E-state index in [0.29, 0.717) is 6.54 Å². The summed E-state index contributed by atoms with van der Waals surface area (Å²) >= 11 is 0. The zero-order valence-corrected chi connectivity index (χ0v) is 14.7. The highest BCUT2D eigenvalue weighted by molar-refractivity contribution is 6.08. The van der Waals surface area contributed by atoms with Crippen LogP contribution in [0, 0.1) is 6.92 Å². The maximum absolute atomic E-state index is 12.6. The lowest BCUT2D eigenvalue weighted by molar-refractivity contribution is -0.907. The Balaban J connectivity index is 1.85. The van der Waals surface area contributed by atoms with Gasteiger partial charge in [0.15, 0.2) is 11.5 Å². The monoisotopic (exact) mass is 345 g/mol. The second-order valence-corrected chi connectivity index (χ2v) is 6.74. The predicted molar refractivity (Wildman–Crippen MR) is 92.4 cm³/mol. The smallest absolute Gasteiger partial charge is 0.290 e. The highest BCUT2D eigenvalue weighted by atomic mass is 16.5. The van der Waals surface area contributed by atoms with Gasteiger partial charge in [-0.3, -0.25) is 9.59 Å². The van der Waals surface area contributed by atoms with Gasteiger partial charge in [0, 0.05) is 0 Å². The second kappa shape index (κ2) is 7.37. The van der Waals surface area contributed by atoms with E-state index in [1.54, 1.807) is 4.90 Å². The van der Waals surface area contributed by atoms with E-state index in [-0.39, 0.29) is 11.4 Å². The van der Waals surface area contributed by atoms with E-state index >= 15 is 0 Å². The van der Waals surface area contributed by atoms with Crippen molar-refractivity contribution in [3.05, 3.63) is 46.7 Å². The number of carbonyl (C=O) groups excluding carboxylic acids is 2. The largest absolute Gasteiger partial charge is 0.503 e. The van der Waals surface area contributed by atoms with Crippen molar-refractivity contribution >= 4 is 11.7 Å². The zero-order valence-electron chi connectivity index (χ0n) is 14.7. The lowest BCUT2D eigenvalue weighted by atomic mass is 9.96. The summed E-state index contributed by atoms with van der Waals surface area (Å²) in [6.45, 7) is 7.94. The molecule has 25 heavy (non-hydrogen) atoms. The van der Waals surface area contributed by atoms with Gasteiger partial charge in [-0.05, 0) is 19.4 Å². The van der Waals surface area contributed by atoms with Crippen LogP contribution in [0.3, 0.4) is 0 Å². The molecule has 6 nitrogen and oxygen atoms in total. The molecule has 1 aromatic carbocycles. The van der Waals surface area contributed by atoms with E-state index in [0.717, 1.165) is 44.0 Å². The number of hydrogen-bond donors (Lipinski definition) is 2. The second-order valence-electron chi connectivity index (χ2n) is 6.74. The number of rotatable bonds is 5. The van der Waals surface area contributed by atoms with Crippen molar-refractivity contribution < 1.29 is 24.3 Å². The SMILES string of the molecule is CC(=O)C1=C(O)C(=O)N(CC[NH+]2CCOCC2)[C@H]1c1ccc(C)cc1. The number of aryl methyl sites for hydroxylation is 1. The molecule has 0 aromatic heterocycles. The van der Waals surface area contributed by atoms with E-state index in [1.165, 1.54) is 11.8 Å². The van der Waals surface area contributed by atoms with Crippen molar-refractivity contribution in [2.45, 2.75) is 19.9 Å². The highest BCUT2D eigenvalue weighted by Crippen LogP contribution is 2.37. The van der Waals surface area contributed by atoms with Crippen LogP contribution < -0.4 is 4.90 Å². The van der Waals surface area contributed by atoms with Crippen LogP contribution in [0.4, 0.5) is 0 Å². The molecular formula is C19H25N2O4+. The van der Waals surface area contributed by atoms with Crippen molar-refractivity contribution in [1.82, 2.24) is 4.90 Å². The standard InChI is InChI=1S/C19H24N2O4/c1-13-3-5-15(6-4-13)17-16(14(2)22)18(23)19(24)21(17)8-7-20-9-11-25-12-10-20/h3-6,17,23H,7-12H2,1-2H3/p+1/t17-/m0/s1. The van der Waals surface area contributed by atoms with E-state index in [1.807, 2.05) is 31.2 Å². The first kappa shape index (κ1) is 17.6. The molecule has 1 fully saturated rings. The lowest BCUT2D eigenvalue weighted by Crippen LogP contribution is -3.14. The first-order valence-electron chi connectivity index (χ1n) is 8.72. The van der Waals surface area contributed by atoms with Crippen LogP contribution in [0.25, 0.3) is 0 Å². The van der Waals surface area contributed by atoms with Crippen LogP contribution in [0.15, 0.2) is 35.6 Å². The molecule has 134 valence electrons. The summed E-state index contributed by atoms with van der Waals surface area (Å²) in [6, 6.07) is 7.25. The predicted octanol–water partition coefficient (Wildman–Crippen LogP) is 0.195. The Kier molecular flexibility index (Phi) is 5.20. The summed E-state index contributed by atoms with van der Waals surface area (Å²) in [6.07, 6.45) is 0. The van der Waals surface area contributed by atoms with Crippen LogP contribution in [-0.2, 0) is 14.3 Å². The number of ketones is 1. The molecule has 0 radical (unpaired) electrons. The molecule has 0 unspecified atom stereocenters. The Morgan fingerprint density at radius 2 is 1.92 bits per heavy atom. The molecule has 2 aliphatic rings. The van der Waals surface area contributed by atoms with Crippen LogP contribution in [-0.4, -0.2) is 61.1 Å². The Morgan fingerprint density at radius 1 is 1.28 bits per heavy atom. The maximum atomic E-state index is 12.6. The lowest BCUT2D eigenvalue weighted by Gasteiger charge is -2.30. The van der Waals surface area contributed by atoms with Gasteiger partial charge in [0.25, 0.3) is 5.91 Å². The Bertz CT molecular complexity index is 690. The molecule has 1 aromatic rings. The fourth-order valence-electron chi connectivity index (χ4n) is 3.53. The Morgan fingerprint density at radius 3 is 2.52 bits per heavy atom. The molecule has 0 saturated carbocycles. The maximum Gasteiger partial charge on any atom is 0.290 e. The third-order valence-corrected chi connectivity index (χ3v) is 4.98. The topological polar surface area (TPSA) is 71.3 Å². The number of nitrogens with one attached hydrogen (secondary N) is 1. The molecule has 0 aliphatic carbocycles. The number of aliphatic hydroxyl groups excluding tert-OH is 1. The minimum absolute atomic E-state index is 0.200. The Hall–Kier alpha value is -2.18. The summed E-state index contributed by atoms with van der Waals surface area (Å²) in [7, 11) is 0. The number of benzene rings is 1. The molecule has 2 heterocycles. The summed E-state index contributed by atoms with van der Waals surface area (Å²) in [5, 5.41) is 10.3. The third kappa shape index (κ3) is 3.60. The van der Waals surface area contributed by atoms with Gasteiger partial charge in [-0.1, -0.05) is 29.8 Å². The molecule has 1 atom stereocenters. The molecule has 2 aliphatic heterocycles. The van der Waals surface area contributed by atoms with Crippen molar-refractivity contribution in [3.8, 4) is 0 Å². The summed E-state index contributed by atoms with van der Waals surface area (Å²) in [5.41, 5.74) is 2.16. The van der Waals surface area contributed by atoms with Crippen LogP contribution >= 0.6 is 0 Å². The van der Waals surface area contributed by atoms with Crippen molar-refractivity contribution in [3.63, 3.8) is 0 Å². The van der Waals surface area contributed by atoms with E-state index < -0.39 is 17.7 Å². The summed E-state index contributed by atoms with van der Waals surface area (Å²) < 4.78 is 5.37. The highest BCUT2D eigenvalue weighted by Gasteiger charge is 2.42. The molecule has 6 heteroatoms. The van der Waals surface area contributed by atoms with Gasteiger partial charge in [0.05, 0.1) is 37.9 Å². The van der Waals surface area contributed by atoms with Gasteiger partial charge in [-0.15, -0.1) is 0 Å². The number of quaternary nitrogens is 1. The average Bonchev–Trinajstić information content (AvgIpc) is 2.86. The first-order valence-corrected chi connectivity index (χ1v) is 8.72. The number of morpholine rings is 1. The molecule has 0 bridgehead atoms. The van der Waals surface area contributed by atoms with Gasteiger partial charge < -0.3 is 19.6 Å². The molecule has 1 saturated heterocycles. The minimum atomic E-state index is -0.508. The molecular weight excluding hydrogens is 320 g/mol. The molecule has 0 spiro atoms. The number of amides is 1. The molecule has 3 rings (SSSR count). The first-order chi connectivity index (χ1) is 12.0. The molecule has 1 amide bonds. The quantitative estimate of drug-likeness (QED) is 0.800. The number of Topliss-reactive ketones (excluding diaryl/α,β-unsaturated/α-hetero) is 1. The van der Waals surface area contributed by atoms with Crippen LogP contribution in [0.1, 0.15) is 24.1 Å². The number of hydrogen-bond acceptors (Lipinski definition) is 4. The van der Waals surface area contributed by atoms with Crippen molar-refractivity contribution in [2.24, 2.45) is 0 Å². The van der Waals surface area contributed by atoms with Gasteiger partial charge in [0.2, 0.25) is 0 Å². The third-order valence-electron chi connectivity index (χ3n) is 4.98. The average molecular weight is 345 g/mol. The summed E-state index contributed by atoms with van der Waals surface area (Å²) in [5.74, 6) is -1.13. The minimum Gasteiger partial charge on any atom is -0.503 e. The zero-order chi connectivity index (χ0) is 18.0. The van der Waals surface area contributed by atoms with Crippen molar-refractivity contribution in [1.29, 1.82) is 0 Å². The van der Waals surface area contributed by atoms with Crippen LogP contribution in [0.5, 0.6) is 0 Å². The van der Waals surface area contributed by atoms with E-state index in [4.69, 9.17) is 4.74 Å². The fraction of sp³-hybridized carbons (Fsp3) is 0.474. The fourth-order valence-corrected chi connectivity index (χ4v) is 3.53. The molecule has 2 N–H and O–H groups in total. The van der Waals surface area contributed by atoms with Crippen LogP contribution in [0.2, 0.25) is 0 Å². The number of aliphatic hydroxyl groups is 1. The number of carbonyl (C=O) groups is 2. The van der Waals surface area contributed by atoms with Gasteiger partial charge in [0.1, 0.15) is 13.1 Å². The van der Waals surface area contributed by atoms with Gasteiger partial charge in [-0.25, -0.2) is 0 Å². The van der Waals surface area contributed by atoms with Gasteiger partial charge >= 0.3 is 0 Å².